The fourth-order valence-corrected chi connectivity index (χ4v) is 2.56. The van der Waals surface area contributed by atoms with Gasteiger partial charge in [-0.3, -0.25) is 0 Å². The lowest BCUT2D eigenvalue weighted by molar-refractivity contribution is -0.0901. The Morgan fingerprint density at radius 1 is 1.48 bits per heavy atom. The summed E-state index contributed by atoms with van der Waals surface area (Å²) in [4.78, 5) is 0. The standard InChI is InChI=1S/C15H16ClF3N2O2/c1-8-7-10(15(17,18)19)11(16)12(13(8)22)21-14(23)9-3-2-5-20-6-4-9/h2,4,6-8,13-14,20-23H,5H2,1H3. The third kappa shape index (κ3) is 4.00. The maximum absolute atomic E-state index is 13.0. The van der Waals surface area contributed by atoms with E-state index in [9.17, 15) is 23.4 Å². The SMILES string of the molecule is CC1C=C(C(F)(F)F)C(Cl)=C(NC(O)C2=C=CCNC=C2)C1O. The molecular weight excluding hydrogens is 333 g/mol. The van der Waals surface area contributed by atoms with Crippen molar-refractivity contribution in [1.29, 1.82) is 0 Å². The molecule has 0 radical (unpaired) electrons. The van der Waals surface area contributed by atoms with Crippen molar-refractivity contribution in [1.82, 2.24) is 10.6 Å². The number of alkyl halides is 3. The van der Waals surface area contributed by atoms with E-state index in [0.717, 1.165) is 6.08 Å². The molecule has 126 valence electrons. The fourth-order valence-electron chi connectivity index (χ4n) is 2.22. The molecule has 2 aliphatic rings. The minimum Gasteiger partial charge on any atom is -0.387 e. The highest BCUT2D eigenvalue weighted by Crippen LogP contribution is 2.40. The van der Waals surface area contributed by atoms with Crippen LogP contribution in [0.2, 0.25) is 0 Å². The smallest absolute Gasteiger partial charge is 0.387 e. The highest BCUT2D eigenvalue weighted by Gasteiger charge is 2.41. The van der Waals surface area contributed by atoms with Crippen LogP contribution >= 0.6 is 11.6 Å². The molecule has 1 heterocycles. The van der Waals surface area contributed by atoms with E-state index in [1.54, 1.807) is 12.3 Å². The van der Waals surface area contributed by atoms with Crippen LogP contribution in [0.3, 0.4) is 0 Å². The molecular formula is C15H16ClF3N2O2. The largest absolute Gasteiger partial charge is 0.417 e. The molecule has 0 saturated heterocycles. The van der Waals surface area contributed by atoms with Crippen molar-refractivity contribution in [3.63, 3.8) is 0 Å². The van der Waals surface area contributed by atoms with Crippen molar-refractivity contribution in [3.8, 4) is 0 Å². The molecule has 8 heteroatoms. The van der Waals surface area contributed by atoms with E-state index in [2.05, 4.69) is 16.4 Å². The van der Waals surface area contributed by atoms with Gasteiger partial charge >= 0.3 is 6.18 Å². The van der Waals surface area contributed by atoms with Gasteiger partial charge in [-0.05, 0) is 18.4 Å². The number of aliphatic hydroxyl groups excluding tert-OH is 2. The second-order valence-electron chi connectivity index (χ2n) is 5.20. The highest BCUT2D eigenvalue weighted by molar-refractivity contribution is 6.32. The molecule has 0 spiro atoms. The van der Waals surface area contributed by atoms with Crippen LogP contribution in [0.1, 0.15) is 6.92 Å². The molecule has 3 atom stereocenters. The van der Waals surface area contributed by atoms with Crippen LogP contribution in [0.4, 0.5) is 13.2 Å². The first-order chi connectivity index (χ1) is 10.7. The number of hydrogen-bond acceptors (Lipinski definition) is 4. The van der Waals surface area contributed by atoms with Crippen LogP contribution in [0, 0.1) is 5.92 Å². The molecule has 4 nitrogen and oxygen atoms in total. The fraction of sp³-hybridized carbons (Fsp3) is 0.400. The van der Waals surface area contributed by atoms with E-state index >= 15 is 0 Å². The van der Waals surface area contributed by atoms with E-state index in [0.29, 0.717) is 12.1 Å². The van der Waals surface area contributed by atoms with Gasteiger partial charge in [0, 0.05) is 18.0 Å². The molecule has 4 N–H and O–H groups in total. The zero-order valence-electron chi connectivity index (χ0n) is 12.2. The highest BCUT2D eigenvalue weighted by atomic mass is 35.5. The van der Waals surface area contributed by atoms with Crippen molar-refractivity contribution in [2.24, 2.45) is 5.92 Å². The summed E-state index contributed by atoms with van der Waals surface area (Å²) in [5.41, 5.74) is 1.80. The lowest BCUT2D eigenvalue weighted by Gasteiger charge is -2.30. The van der Waals surface area contributed by atoms with E-state index in [1.165, 1.54) is 13.0 Å². The predicted octanol–water partition coefficient (Wildman–Crippen LogP) is 2.04. The minimum atomic E-state index is -4.64. The summed E-state index contributed by atoms with van der Waals surface area (Å²) in [7, 11) is 0. The number of halogens is 4. The van der Waals surface area contributed by atoms with E-state index < -0.39 is 35.0 Å². The second-order valence-corrected chi connectivity index (χ2v) is 5.58. The zero-order chi connectivity index (χ0) is 17.2. The summed E-state index contributed by atoms with van der Waals surface area (Å²) in [6.45, 7) is 1.94. The third-order valence-corrected chi connectivity index (χ3v) is 3.87. The van der Waals surface area contributed by atoms with Gasteiger partial charge in [-0.15, -0.1) is 5.73 Å². The monoisotopic (exact) mass is 348 g/mol. The molecule has 1 aliphatic heterocycles. The normalized spacial score (nSPS) is 26.2. The summed E-state index contributed by atoms with van der Waals surface area (Å²) < 4.78 is 39.0. The summed E-state index contributed by atoms with van der Waals surface area (Å²) in [6, 6.07) is 0. The minimum absolute atomic E-state index is 0.263. The Balaban J connectivity index is 2.32. The molecule has 1 aliphatic carbocycles. The van der Waals surface area contributed by atoms with Gasteiger partial charge in [-0.1, -0.05) is 24.6 Å². The molecule has 3 unspecified atom stereocenters. The Labute approximate surface area is 136 Å². The Morgan fingerprint density at radius 2 is 2.17 bits per heavy atom. The molecule has 0 fully saturated rings. The van der Waals surface area contributed by atoms with Crippen LogP contribution in [-0.4, -0.2) is 35.3 Å². The average Bonchev–Trinajstić information content (AvgIpc) is 2.75. The molecule has 0 aromatic rings. The zero-order valence-corrected chi connectivity index (χ0v) is 12.9. The molecule has 0 saturated carbocycles. The number of allylic oxidation sites excluding steroid dienone is 2. The molecule has 0 aromatic carbocycles. The summed E-state index contributed by atoms with van der Waals surface area (Å²) in [5.74, 6) is -0.806. The lowest BCUT2D eigenvalue weighted by atomic mass is 9.91. The van der Waals surface area contributed by atoms with Crippen molar-refractivity contribution < 1.29 is 23.4 Å². The van der Waals surface area contributed by atoms with Gasteiger partial charge < -0.3 is 20.8 Å². The number of aliphatic hydroxyl groups is 2. The van der Waals surface area contributed by atoms with Gasteiger partial charge in [-0.2, -0.15) is 13.2 Å². The van der Waals surface area contributed by atoms with Crippen molar-refractivity contribution in [2.45, 2.75) is 25.4 Å². The van der Waals surface area contributed by atoms with Crippen LogP contribution in [0.5, 0.6) is 0 Å². The van der Waals surface area contributed by atoms with Gasteiger partial charge in [0.1, 0.15) is 6.10 Å². The Kier molecular flexibility index (Phi) is 5.26. The van der Waals surface area contributed by atoms with Gasteiger partial charge in [0.15, 0.2) is 6.23 Å². The molecule has 0 bridgehead atoms. The van der Waals surface area contributed by atoms with Crippen molar-refractivity contribution >= 4 is 11.6 Å². The number of nitrogens with one attached hydrogen (secondary N) is 2. The van der Waals surface area contributed by atoms with Gasteiger partial charge in [0.05, 0.1) is 16.3 Å². The number of hydrogen-bond donors (Lipinski definition) is 4. The lowest BCUT2D eigenvalue weighted by Crippen LogP contribution is -2.40. The van der Waals surface area contributed by atoms with Crippen LogP contribution in [-0.2, 0) is 0 Å². The van der Waals surface area contributed by atoms with Gasteiger partial charge in [0.25, 0.3) is 0 Å². The third-order valence-electron chi connectivity index (χ3n) is 3.46. The molecule has 23 heavy (non-hydrogen) atoms. The Bertz CT molecular complexity index is 631. The maximum Gasteiger partial charge on any atom is 0.417 e. The quantitative estimate of drug-likeness (QED) is 0.465. The maximum atomic E-state index is 13.0. The average molecular weight is 349 g/mol. The first kappa shape index (κ1) is 17.7. The molecule has 0 aromatic heterocycles. The summed E-state index contributed by atoms with van der Waals surface area (Å²) in [6.07, 6.45) is -1.69. The second kappa shape index (κ2) is 6.84. The van der Waals surface area contributed by atoms with Crippen molar-refractivity contribution in [2.75, 3.05) is 6.54 Å². The van der Waals surface area contributed by atoms with E-state index in [1.807, 2.05) is 0 Å². The van der Waals surface area contributed by atoms with Crippen LogP contribution in [0.25, 0.3) is 0 Å². The summed E-state index contributed by atoms with van der Waals surface area (Å²) >= 11 is 5.80. The number of rotatable bonds is 3. The topological polar surface area (TPSA) is 64.5 Å². The molecule has 0 amide bonds. The van der Waals surface area contributed by atoms with Gasteiger partial charge in [0.2, 0.25) is 0 Å². The van der Waals surface area contributed by atoms with Crippen molar-refractivity contribution in [3.05, 3.63) is 52.0 Å². The van der Waals surface area contributed by atoms with Crippen LogP contribution in [0.15, 0.2) is 52.0 Å². The van der Waals surface area contributed by atoms with Crippen LogP contribution < -0.4 is 10.6 Å². The Hall–Kier alpha value is -1.66. The predicted molar refractivity (Wildman–Crippen MR) is 80.1 cm³/mol. The Morgan fingerprint density at radius 3 is 2.83 bits per heavy atom. The first-order valence-electron chi connectivity index (χ1n) is 6.88. The first-order valence-corrected chi connectivity index (χ1v) is 7.26. The van der Waals surface area contributed by atoms with E-state index in [-0.39, 0.29) is 5.70 Å². The summed E-state index contributed by atoms with van der Waals surface area (Å²) in [5, 5.41) is 24.9. The van der Waals surface area contributed by atoms with E-state index in [4.69, 9.17) is 11.6 Å². The molecule has 2 rings (SSSR count). The van der Waals surface area contributed by atoms with Gasteiger partial charge in [-0.25, -0.2) is 0 Å².